The lowest BCUT2D eigenvalue weighted by Gasteiger charge is -2.02. The monoisotopic (exact) mass is 311 g/mol. The van der Waals surface area contributed by atoms with Crippen LogP contribution in [-0.4, -0.2) is 35.3 Å². The fourth-order valence-electron chi connectivity index (χ4n) is 1.98. The zero-order chi connectivity index (χ0) is 15.6. The minimum Gasteiger partial charge on any atom is -0.385 e. The Bertz CT molecular complexity index is 787. The summed E-state index contributed by atoms with van der Waals surface area (Å²) >= 11 is 1.14. The van der Waals surface area contributed by atoms with E-state index in [2.05, 4.69) is 5.32 Å². The second-order valence-corrected chi connectivity index (χ2v) is 5.67. The van der Waals surface area contributed by atoms with E-state index in [4.69, 9.17) is 4.74 Å². The first-order valence-corrected chi connectivity index (χ1v) is 7.25. The van der Waals surface area contributed by atoms with E-state index < -0.39 is 5.69 Å². The molecule has 114 valence electrons. The molecule has 7 nitrogen and oxygen atoms in total. The van der Waals surface area contributed by atoms with Gasteiger partial charge in [0.15, 0.2) is 0 Å². The summed E-state index contributed by atoms with van der Waals surface area (Å²) in [6.45, 7) is 1.07. The van der Waals surface area contributed by atoms with Gasteiger partial charge in [-0.05, 0) is 12.5 Å². The Morgan fingerprint density at radius 3 is 2.71 bits per heavy atom. The summed E-state index contributed by atoms with van der Waals surface area (Å²) < 4.78 is 7.32. The van der Waals surface area contributed by atoms with E-state index in [1.807, 2.05) is 0 Å². The molecule has 1 amide bonds. The number of nitrogens with zero attached hydrogens (tertiary/aromatic N) is 2. The van der Waals surface area contributed by atoms with Gasteiger partial charge in [0.2, 0.25) is 0 Å². The molecule has 21 heavy (non-hydrogen) atoms. The Morgan fingerprint density at radius 2 is 2.05 bits per heavy atom. The van der Waals surface area contributed by atoms with E-state index in [-0.39, 0.29) is 11.5 Å². The number of hydrogen-bond acceptors (Lipinski definition) is 5. The maximum atomic E-state index is 12.0. The second kappa shape index (κ2) is 6.23. The number of rotatable bonds is 5. The van der Waals surface area contributed by atoms with Crippen molar-refractivity contribution in [1.82, 2.24) is 14.5 Å². The fraction of sp³-hybridized carbons (Fsp3) is 0.462. The summed E-state index contributed by atoms with van der Waals surface area (Å²) in [5, 5.41) is 3.14. The number of aromatic nitrogens is 2. The predicted octanol–water partition coefficient (Wildman–Crippen LogP) is 0.0650. The normalized spacial score (nSPS) is 11.0. The molecular weight excluding hydrogens is 294 g/mol. The first kappa shape index (κ1) is 15.5. The van der Waals surface area contributed by atoms with Gasteiger partial charge < -0.3 is 10.1 Å². The fourth-order valence-corrected chi connectivity index (χ4v) is 3.00. The van der Waals surface area contributed by atoms with Crippen molar-refractivity contribution in [2.24, 2.45) is 14.1 Å². The Morgan fingerprint density at radius 1 is 1.33 bits per heavy atom. The topological polar surface area (TPSA) is 82.3 Å². The lowest BCUT2D eigenvalue weighted by Crippen LogP contribution is -2.36. The second-order valence-electron chi connectivity index (χ2n) is 4.64. The van der Waals surface area contributed by atoms with E-state index in [0.717, 1.165) is 15.9 Å². The quantitative estimate of drug-likeness (QED) is 0.792. The minimum absolute atomic E-state index is 0.248. The highest BCUT2D eigenvalue weighted by atomic mass is 32.1. The standard InChI is InChI=1S/C13H17N3O4S/c1-15-11(18)8-7-9(10(17)14-5-4-6-20-3)21-12(8)16(2)13(15)19/h7H,4-6H2,1-3H3,(H,14,17). The summed E-state index contributed by atoms with van der Waals surface area (Å²) in [6, 6.07) is 1.54. The number of hydrogen-bond donors (Lipinski definition) is 1. The van der Waals surface area contributed by atoms with Crippen molar-refractivity contribution in [2.75, 3.05) is 20.3 Å². The van der Waals surface area contributed by atoms with Gasteiger partial charge in [-0.15, -0.1) is 11.3 Å². The number of carbonyl (C=O) groups excluding carboxylic acids is 1. The van der Waals surface area contributed by atoms with Gasteiger partial charge in [-0.2, -0.15) is 0 Å². The number of nitrogens with one attached hydrogen (secondary N) is 1. The van der Waals surface area contributed by atoms with Crippen molar-refractivity contribution in [1.29, 1.82) is 0 Å². The van der Waals surface area contributed by atoms with Crippen molar-refractivity contribution in [3.05, 3.63) is 31.8 Å². The van der Waals surface area contributed by atoms with Crippen LogP contribution in [0.2, 0.25) is 0 Å². The van der Waals surface area contributed by atoms with Gasteiger partial charge in [0, 0.05) is 34.4 Å². The molecule has 0 saturated heterocycles. The molecule has 0 radical (unpaired) electrons. The summed E-state index contributed by atoms with van der Waals surface area (Å²) in [6.07, 6.45) is 0.716. The first-order chi connectivity index (χ1) is 9.97. The van der Waals surface area contributed by atoms with Crippen molar-refractivity contribution in [3.63, 3.8) is 0 Å². The minimum atomic E-state index is -0.401. The van der Waals surface area contributed by atoms with E-state index in [9.17, 15) is 14.4 Å². The van der Waals surface area contributed by atoms with E-state index in [1.54, 1.807) is 14.2 Å². The van der Waals surface area contributed by atoms with Crippen LogP contribution in [0.15, 0.2) is 15.7 Å². The molecule has 2 aromatic rings. The predicted molar refractivity (Wildman–Crippen MR) is 81.1 cm³/mol. The molecule has 0 bridgehead atoms. The Hall–Kier alpha value is -1.93. The van der Waals surface area contributed by atoms with Crippen molar-refractivity contribution in [3.8, 4) is 0 Å². The van der Waals surface area contributed by atoms with Crippen LogP contribution in [0.1, 0.15) is 16.1 Å². The first-order valence-electron chi connectivity index (χ1n) is 6.44. The zero-order valence-corrected chi connectivity index (χ0v) is 13.0. The molecular formula is C13H17N3O4S. The van der Waals surface area contributed by atoms with Gasteiger partial charge in [0.25, 0.3) is 11.5 Å². The maximum absolute atomic E-state index is 12.0. The summed E-state index contributed by atoms with van der Waals surface area (Å²) in [4.78, 5) is 36.8. The molecule has 0 aliphatic rings. The number of amides is 1. The molecule has 2 aromatic heterocycles. The molecule has 0 atom stereocenters. The molecule has 2 rings (SSSR count). The number of methoxy groups -OCH3 is 1. The van der Waals surface area contributed by atoms with Crippen LogP contribution in [0, 0.1) is 0 Å². The van der Waals surface area contributed by atoms with Crippen LogP contribution in [0.3, 0.4) is 0 Å². The molecule has 0 aliphatic heterocycles. The largest absolute Gasteiger partial charge is 0.385 e. The Kier molecular flexibility index (Phi) is 4.59. The Labute approximate surface area is 124 Å². The van der Waals surface area contributed by atoms with Crippen molar-refractivity contribution < 1.29 is 9.53 Å². The third kappa shape index (κ3) is 2.91. The third-order valence-corrected chi connectivity index (χ3v) is 4.37. The molecule has 1 N–H and O–H groups in total. The average Bonchev–Trinajstić information content (AvgIpc) is 2.92. The lowest BCUT2D eigenvalue weighted by molar-refractivity contribution is 0.0952. The number of carbonyl (C=O) groups is 1. The van der Waals surface area contributed by atoms with E-state index in [1.165, 1.54) is 17.7 Å². The highest BCUT2D eigenvalue weighted by molar-refractivity contribution is 7.20. The zero-order valence-electron chi connectivity index (χ0n) is 12.1. The van der Waals surface area contributed by atoms with Gasteiger partial charge >= 0.3 is 5.69 Å². The van der Waals surface area contributed by atoms with Crippen LogP contribution in [0.4, 0.5) is 0 Å². The molecule has 0 aromatic carbocycles. The summed E-state index contributed by atoms with van der Waals surface area (Å²) in [5.74, 6) is -0.248. The van der Waals surface area contributed by atoms with Crippen LogP contribution < -0.4 is 16.6 Å². The van der Waals surface area contributed by atoms with Gasteiger partial charge in [0.05, 0.1) is 10.3 Å². The number of fused-ring (bicyclic) bond motifs is 1. The SMILES string of the molecule is COCCCNC(=O)c1cc2c(=O)n(C)c(=O)n(C)c2s1. The maximum Gasteiger partial charge on any atom is 0.331 e. The van der Waals surface area contributed by atoms with Gasteiger partial charge in [0.1, 0.15) is 4.83 Å². The summed E-state index contributed by atoms with van der Waals surface area (Å²) in [7, 11) is 4.61. The van der Waals surface area contributed by atoms with Crippen LogP contribution in [0.25, 0.3) is 10.2 Å². The highest BCUT2D eigenvalue weighted by Gasteiger charge is 2.16. The molecule has 0 fully saturated rings. The third-order valence-electron chi connectivity index (χ3n) is 3.16. The number of thiophene rings is 1. The van der Waals surface area contributed by atoms with Crippen LogP contribution in [0.5, 0.6) is 0 Å². The van der Waals surface area contributed by atoms with Crippen molar-refractivity contribution in [2.45, 2.75) is 6.42 Å². The molecule has 0 saturated carbocycles. The van der Waals surface area contributed by atoms with E-state index in [0.29, 0.717) is 34.7 Å². The van der Waals surface area contributed by atoms with Crippen LogP contribution >= 0.6 is 11.3 Å². The highest BCUT2D eigenvalue weighted by Crippen LogP contribution is 2.21. The lowest BCUT2D eigenvalue weighted by atomic mass is 10.3. The molecule has 2 heterocycles. The van der Waals surface area contributed by atoms with Gasteiger partial charge in [-0.25, -0.2) is 4.79 Å². The van der Waals surface area contributed by atoms with Crippen molar-refractivity contribution >= 4 is 27.5 Å². The molecule has 0 spiro atoms. The Balaban J connectivity index is 2.33. The van der Waals surface area contributed by atoms with Gasteiger partial charge in [-0.3, -0.25) is 18.7 Å². The molecule has 0 aliphatic carbocycles. The van der Waals surface area contributed by atoms with Crippen LogP contribution in [-0.2, 0) is 18.8 Å². The number of aryl methyl sites for hydroxylation is 1. The molecule has 0 unspecified atom stereocenters. The number of ether oxygens (including phenoxy) is 1. The summed E-state index contributed by atoms with van der Waals surface area (Å²) in [5.41, 5.74) is -0.788. The molecule has 8 heteroatoms. The smallest absolute Gasteiger partial charge is 0.331 e. The van der Waals surface area contributed by atoms with Gasteiger partial charge in [-0.1, -0.05) is 0 Å². The van der Waals surface area contributed by atoms with E-state index >= 15 is 0 Å². The average molecular weight is 311 g/mol.